The predicted octanol–water partition coefficient (Wildman–Crippen LogP) is 22.2. The molecule has 3 heterocycles. The molecule has 2 aliphatic heterocycles. The number of carboxylic acid groups (broad SMARTS) is 1. The summed E-state index contributed by atoms with van der Waals surface area (Å²) in [6.45, 7) is 4.46. The summed E-state index contributed by atoms with van der Waals surface area (Å²) in [4.78, 5) is 24.6. The van der Waals surface area contributed by atoms with E-state index in [2.05, 4.69) is 349 Å². The van der Waals surface area contributed by atoms with E-state index >= 15 is 0 Å². The number of carboxylic acids is 1. The molecule has 0 saturated carbocycles. The molecule has 0 spiro atoms. The average Bonchev–Trinajstić information content (AvgIpc) is 1.37. The van der Waals surface area contributed by atoms with Gasteiger partial charge in [-0.25, -0.2) is 0 Å². The summed E-state index contributed by atoms with van der Waals surface area (Å²) < 4.78 is 0. The maximum atomic E-state index is 10.2. The van der Waals surface area contributed by atoms with E-state index in [0.717, 1.165) is 118 Å². The molecule has 0 saturated heterocycles. The SMILES string of the molecule is O=C(O)c1[c-]cccc1.[Ir].[c-]1ccccc1-c1cc(-c2ccc(-c3ccc(-c4ccccc4)cc3)cc2)c(-c2ccccc2-c2cc(-c3ccccc3N3[CH-]N(c4ccccc4)c4ccccc43)cc(-c3ccccc3N3[CH-]N(c4ccccc4)c4ccccc43)c2)cn1. The molecule has 1 radical (unpaired) electrons. The van der Waals surface area contributed by atoms with E-state index in [9.17, 15) is 4.79 Å². The van der Waals surface area contributed by atoms with Crippen LogP contribution in [0, 0.1) is 25.5 Å². The van der Waals surface area contributed by atoms with Crippen molar-refractivity contribution in [3.05, 3.63) is 371 Å². The van der Waals surface area contributed by atoms with Crippen LogP contribution in [-0.4, -0.2) is 16.1 Å². The standard InChI is InChI=1S/C79H54N5.C7H5O2.Ir/c1-5-23-56(24-6-1)57-41-43-58(44-42-57)59-45-47-60(48-46-59)71-52-73(61-25-7-2-8-26-61)80-53-72(71)70-34-14-13-31-67(70)62-49-63(68-32-15-17-35-74(68)83-54-81(65-27-9-3-10-28-65)76-37-19-21-39-78(76)83)51-64(50-62)69-33-16-18-36-75(69)84-55-82(66-29-11-4-12-30-66)77-38-20-22-40-79(77)84;8-7(9)6-4-2-1-3-5-6;/h1-25,27-55H;1-4H,(H,8,9);/q-3;-1;. The fraction of sp³-hybridized carbons (Fsp3) is 0. The van der Waals surface area contributed by atoms with Crippen LogP contribution in [0.5, 0.6) is 0 Å². The number of para-hydroxylation sites is 8. The molecule has 0 aliphatic carbocycles. The Labute approximate surface area is 562 Å². The second-order valence-electron chi connectivity index (χ2n) is 22.7. The van der Waals surface area contributed by atoms with Crippen molar-refractivity contribution in [1.82, 2.24) is 4.98 Å². The molecule has 453 valence electrons. The number of benzene rings is 13. The molecule has 0 amide bonds. The first kappa shape index (κ1) is 59.9. The summed E-state index contributed by atoms with van der Waals surface area (Å²) >= 11 is 0. The molecule has 13 aromatic carbocycles. The monoisotopic (exact) mass is 1390 g/mol. The van der Waals surface area contributed by atoms with Gasteiger partial charge in [0.1, 0.15) is 0 Å². The fourth-order valence-electron chi connectivity index (χ4n) is 12.6. The van der Waals surface area contributed by atoms with Gasteiger partial charge in [0, 0.05) is 88.5 Å². The first-order valence-corrected chi connectivity index (χ1v) is 31.0. The van der Waals surface area contributed by atoms with Gasteiger partial charge in [-0.3, -0.25) is 0 Å². The van der Waals surface area contributed by atoms with Gasteiger partial charge in [0.05, 0.1) is 0 Å². The van der Waals surface area contributed by atoms with Gasteiger partial charge in [-0.15, -0.1) is 79.6 Å². The summed E-state index contributed by atoms with van der Waals surface area (Å²) in [6, 6.07) is 123. The van der Waals surface area contributed by atoms with Gasteiger partial charge in [-0.1, -0.05) is 212 Å². The number of fused-ring (bicyclic) bond motifs is 2. The van der Waals surface area contributed by atoms with Crippen LogP contribution in [0.3, 0.4) is 0 Å². The van der Waals surface area contributed by atoms with Crippen LogP contribution < -0.4 is 19.6 Å². The van der Waals surface area contributed by atoms with Crippen molar-refractivity contribution < 1.29 is 30.0 Å². The summed E-state index contributed by atoms with van der Waals surface area (Å²) in [7, 11) is 0. The molecule has 0 unspecified atom stereocenters. The van der Waals surface area contributed by atoms with Crippen molar-refractivity contribution in [2.24, 2.45) is 0 Å². The normalized spacial score (nSPS) is 12.1. The molecule has 94 heavy (non-hydrogen) atoms. The molecule has 1 aromatic heterocycles. The van der Waals surface area contributed by atoms with Crippen molar-refractivity contribution in [1.29, 1.82) is 0 Å². The van der Waals surface area contributed by atoms with Gasteiger partial charge in [0.15, 0.2) is 0 Å². The van der Waals surface area contributed by atoms with E-state index in [4.69, 9.17) is 10.1 Å². The maximum Gasteiger partial charge on any atom is 0.247 e. The number of rotatable bonds is 13. The number of anilines is 8. The average molecular weight is 1390 g/mol. The zero-order valence-corrected chi connectivity index (χ0v) is 53.3. The van der Waals surface area contributed by atoms with Crippen molar-refractivity contribution in [3.63, 3.8) is 0 Å². The number of nitrogens with zero attached hydrogens (tertiary/aromatic N) is 5. The van der Waals surface area contributed by atoms with Crippen LogP contribution >= 0.6 is 0 Å². The quantitative estimate of drug-likeness (QED) is 0.115. The topological polar surface area (TPSA) is 63.2 Å². The van der Waals surface area contributed by atoms with Gasteiger partial charge in [0.2, 0.25) is 5.97 Å². The Morgan fingerprint density at radius 2 is 0.681 bits per heavy atom. The molecule has 14 aromatic rings. The Bertz CT molecular complexity index is 4800. The first-order chi connectivity index (χ1) is 46.0. The molecular formula is C86H59IrN5O2-4. The van der Waals surface area contributed by atoms with E-state index < -0.39 is 5.97 Å². The van der Waals surface area contributed by atoms with Crippen molar-refractivity contribution in [2.45, 2.75) is 0 Å². The number of carbonyl (C=O) groups is 1. The Morgan fingerprint density at radius 3 is 1.13 bits per heavy atom. The number of hydrogen-bond donors (Lipinski definition) is 1. The Kier molecular flexibility index (Phi) is 17.2. The van der Waals surface area contributed by atoms with Crippen LogP contribution in [0.15, 0.2) is 340 Å². The van der Waals surface area contributed by atoms with Gasteiger partial charge in [0.25, 0.3) is 0 Å². The molecule has 16 rings (SSSR count). The largest absolute Gasteiger partial charge is 0.521 e. The van der Waals surface area contributed by atoms with E-state index in [1.807, 2.05) is 12.1 Å². The molecule has 8 heteroatoms. The minimum Gasteiger partial charge on any atom is -0.521 e. The summed E-state index contributed by atoms with van der Waals surface area (Å²) in [5, 5.41) is 8.35. The van der Waals surface area contributed by atoms with E-state index in [-0.39, 0.29) is 25.7 Å². The second-order valence-corrected chi connectivity index (χ2v) is 22.7. The third-order valence-electron chi connectivity index (χ3n) is 17.1. The zero-order chi connectivity index (χ0) is 62.5. The van der Waals surface area contributed by atoms with E-state index in [0.29, 0.717) is 0 Å². The minimum absolute atomic E-state index is 0. The van der Waals surface area contributed by atoms with Crippen molar-refractivity contribution in [2.75, 3.05) is 19.6 Å². The fourth-order valence-corrected chi connectivity index (χ4v) is 12.6. The third-order valence-corrected chi connectivity index (χ3v) is 17.1. The molecule has 7 nitrogen and oxygen atoms in total. The zero-order valence-electron chi connectivity index (χ0n) is 50.9. The van der Waals surface area contributed by atoms with Gasteiger partial charge >= 0.3 is 0 Å². The van der Waals surface area contributed by atoms with E-state index in [1.165, 1.54) is 22.8 Å². The molecule has 0 atom stereocenters. The van der Waals surface area contributed by atoms with Crippen LogP contribution in [-0.2, 0) is 20.1 Å². The van der Waals surface area contributed by atoms with Gasteiger partial charge in [-0.2, -0.15) is 0 Å². The minimum atomic E-state index is -0.935. The Balaban J connectivity index is 0.000000707. The number of aromatic carboxylic acids is 1. The van der Waals surface area contributed by atoms with Crippen LogP contribution in [0.1, 0.15) is 10.4 Å². The summed E-state index contributed by atoms with van der Waals surface area (Å²) in [6.07, 6.45) is 2.06. The molecule has 0 bridgehead atoms. The molecule has 1 N–H and O–H groups in total. The summed E-state index contributed by atoms with van der Waals surface area (Å²) in [5.74, 6) is -0.935. The Morgan fingerprint density at radius 1 is 0.309 bits per heavy atom. The molecule has 0 fully saturated rings. The van der Waals surface area contributed by atoms with E-state index in [1.54, 1.807) is 18.2 Å². The molecular weight excluding hydrogens is 1330 g/mol. The predicted molar refractivity (Wildman–Crippen MR) is 382 cm³/mol. The number of pyridine rings is 1. The van der Waals surface area contributed by atoms with Gasteiger partial charge < -0.3 is 34.5 Å². The summed E-state index contributed by atoms with van der Waals surface area (Å²) in [5.41, 5.74) is 26.4. The Hall–Kier alpha value is -11.7. The van der Waals surface area contributed by atoms with Crippen molar-refractivity contribution in [3.8, 4) is 89.1 Å². The maximum absolute atomic E-state index is 10.2. The van der Waals surface area contributed by atoms with Crippen LogP contribution in [0.4, 0.5) is 45.5 Å². The third kappa shape index (κ3) is 12.1. The second kappa shape index (κ2) is 27.0. The number of aromatic nitrogens is 1. The first-order valence-electron chi connectivity index (χ1n) is 31.0. The smallest absolute Gasteiger partial charge is 0.247 e. The van der Waals surface area contributed by atoms with Crippen LogP contribution in [0.2, 0.25) is 0 Å². The molecule has 2 aliphatic rings. The number of hydrogen-bond acceptors (Lipinski definition) is 6. The van der Waals surface area contributed by atoms with Crippen LogP contribution in [0.25, 0.3) is 89.1 Å². The van der Waals surface area contributed by atoms with Crippen molar-refractivity contribution >= 4 is 51.5 Å². The van der Waals surface area contributed by atoms with Gasteiger partial charge in [-0.05, 0) is 146 Å².